The molecule has 0 heterocycles. The van der Waals surface area contributed by atoms with Crippen LogP contribution in [0, 0.1) is 0 Å². The fourth-order valence-electron chi connectivity index (χ4n) is 1.71. The number of Topliss-reactive ketones (excluding diaryl/α,β-unsaturated/α-hetero) is 1. The van der Waals surface area contributed by atoms with Gasteiger partial charge in [-0.2, -0.15) is 0 Å². The van der Waals surface area contributed by atoms with E-state index in [1.165, 1.54) is 0 Å². The van der Waals surface area contributed by atoms with Gasteiger partial charge < -0.3 is 4.84 Å². The Balaban J connectivity index is 2.12. The first-order valence-corrected chi connectivity index (χ1v) is 6.31. The molecule has 102 valence electrons. The van der Waals surface area contributed by atoms with Crippen LogP contribution in [-0.2, 0) is 9.63 Å². The average molecular weight is 290 g/mol. The summed E-state index contributed by atoms with van der Waals surface area (Å²) < 4.78 is 0. The molecule has 5 heteroatoms. The van der Waals surface area contributed by atoms with Crippen LogP contribution in [0.5, 0.6) is 0 Å². The number of carbonyl (C=O) groups excluding carboxylic acids is 2. The first kappa shape index (κ1) is 14.2. The zero-order valence-electron chi connectivity index (χ0n) is 11.0. The van der Waals surface area contributed by atoms with Crippen molar-refractivity contribution in [2.45, 2.75) is 13.8 Å². The molecule has 0 aromatic heterocycles. The standard InChI is InChI=1S/C15H12ClNO3/c1-9-7-13(8-10(2)14(9)18)17-20-15(19)11-3-5-12(16)6-4-11/h3-8H,1-2H3. The smallest absolute Gasteiger partial charge is 0.312 e. The molecule has 0 saturated heterocycles. The van der Waals surface area contributed by atoms with Gasteiger partial charge in [0.15, 0.2) is 5.78 Å². The summed E-state index contributed by atoms with van der Waals surface area (Å²) in [6.07, 6.45) is 3.15. The van der Waals surface area contributed by atoms with E-state index in [9.17, 15) is 9.59 Å². The van der Waals surface area contributed by atoms with Gasteiger partial charge in [-0.1, -0.05) is 16.8 Å². The highest BCUT2D eigenvalue weighted by molar-refractivity contribution is 6.30. The van der Waals surface area contributed by atoms with Crippen molar-refractivity contribution in [2.75, 3.05) is 0 Å². The largest absolute Gasteiger partial charge is 0.365 e. The molecule has 1 aromatic carbocycles. The maximum Gasteiger partial charge on any atom is 0.365 e. The van der Waals surface area contributed by atoms with E-state index in [4.69, 9.17) is 16.4 Å². The number of carbonyl (C=O) groups is 2. The van der Waals surface area contributed by atoms with E-state index in [1.807, 2.05) is 0 Å². The summed E-state index contributed by atoms with van der Waals surface area (Å²) in [4.78, 5) is 28.1. The van der Waals surface area contributed by atoms with E-state index < -0.39 is 5.97 Å². The van der Waals surface area contributed by atoms with Gasteiger partial charge in [0, 0.05) is 5.02 Å². The second-order valence-corrected chi connectivity index (χ2v) is 4.82. The lowest BCUT2D eigenvalue weighted by molar-refractivity contribution is -0.112. The van der Waals surface area contributed by atoms with Crippen molar-refractivity contribution in [2.24, 2.45) is 5.16 Å². The minimum atomic E-state index is -0.580. The first-order valence-electron chi connectivity index (χ1n) is 5.93. The van der Waals surface area contributed by atoms with E-state index in [-0.39, 0.29) is 5.78 Å². The number of hydrogen-bond acceptors (Lipinski definition) is 4. The van der Waals surface area contributed by atoms with Crippen molar-refractivity contribution in [1.82, 2.24) is 0 Å². The van der Waals surface area contributed by atoms with Crippen molar-refractivity contribution in [3.8, 4) is 0 Å². The molecule has 0 radical (unpaired) electrons. The normalized spacial score (nSPS) is 14.6. The van der Waals surface area contributed by atoms with Crippen LogP contribution in [0.1, 0.15) is 24.2 Å². The summed E-state index contributed by atoms with van der Waals surface area (Å²) >= 11 is 5.73. The lowest BCUT2D eigenvalue weighted by Gasteiger charge is -2.07. The quantitative estimate of drug-likeness (QED) is 0.477. The van der Waals surface area contributed by atoms with Crippen molar-refractivity contribution >= 4 is 29.1 Å². The highest BCUT2D eigenvalue weighted by Crippen LogP contribution is 2.13. The Labute approximate surface area is 121 Å². The topological polar surface area (TPSA) is 55.7 Å². The van der Waals surface area contributed by atoms with Gasteiger partial charge in [-0.25, -0.2) is 4.79 Å². The summed E-state index contributed by atoms with van der Waals surface area (Å²) in [6.45, 7) is 3.38. The monoisotopic (exact) mass is 289 g/mol. The Morgan fingerprint density at radius 1 is 1.10 bits per heavy atom. The van der Waals surface area contributed by atoms with Gasteiger partial charge >= 0.3 is 5.97 Å². The molecule has 4 nitrogen and oxygen atoms in total. The zero-order valence-corrected chi connectivity index (χ0v) is 11.8. The van der Waals surface area contributed by atoms with Gasteiger partial charge in [0.25, 0.3) is 0 Å². The number of benzene rings is 1. The predicted molar refractivity (Wildman–Crippen MR) is 76.8 cm³/mol. The highest BCUT2D eigenvalue weighted by Gasteiger charge is 2.14. The highest BCUT2D eigenvalue weighted by atomic mass is 35.5. The van der Waals surface area contributed by atoms with E-state index in [0.29, 0.717) is 27.4 Å². The Bertz CT molecular complexity index is 630. The summed E-state index contributed by atoms with van der Waals surface area (Å²) in [5.74, 6) is -0.615. The molecule has 0 spiro atoms. The van der Waals surface area contributed by atoms with Gasteiger partial charge in [0.05, 0.1) is 5.56 Å². The van der Waals surface area contributed by atoms with E-state index in [1.54, 1.807) is 50.3 Å². The van der Waals surface area contributed by atoms with Crippen LogP contribution in [0.25, 0.3) is 0 Å². The van der Waals surface area contributed by atoms with Crippen molar-refractivity contribution in [1.29, 1.82) is 0 Å². The molecule has 2 rings (SSSR count). The number of oxime groups is 1. The third kappa shape index (κ3) is 3.22. The Morgan fingerprint density at radius 2 is 1.65 bits per heavy atom. The van der Waals surface area contributed by atoms with Crippen LogP contribution >= 0.6 is 11.6 Å². The number of hydrogen-bond donors (Lipinski definition) is 0. The molecule has 0 aliphatic heterocycles. The van der Waals surface area contributed by atoms with E-state index >= 15 is 0 Å². The lowest BCUT2D eigenvalue weighted by atomic mass is 9.98. The zero-order chi connectivity index (χ0) is 14.7. The van der Waals surface area contributed by atoms with Crippen molar-refractivity contribution in [3.63, 3.8) is 0 Å². The van der Waals surface area contributed by atoms with Crippen LogP contribution in [0.15, 0.2) is 52.7 Å². The summed E-state index contributed by atoms with van der Waals surface area (Å²) in [5.41, 5.74) is 1.91. The maximum absolute atomic E-state index is 11.7. The van der Waals surface area contributed by atoms with E-state index in [0.717, 1.165) is 0 Å². The van der Waals surface area contributed by atoms with Crippen LogP contribution < -0.4 is 0 Å². The molecular weight excluding hydrogens is 278 g/mol. The molecule has 1 aromatic rings. The van der Waals surface area contributed by atoms with Crippen LogP contribution in [0.2, 0.25) is 5.02 Å². The molecule has 1 aliphatic carbocycles. The maximum atomic E-state index is 11.7. The average Bonchev–Trinajstić information content (AvgIpc) is 2.42. The van der Waals surface area contributed by atoms with Gasteiger partial charge in [-0.15, -0.1) is 0 Å². The number of ketones is 1. The lowest BCUT2D eigenvalue weighted by Crippen LogP contribution is -2.11. The second kappa shape index (κ2) is 5.84. The second-order valence-electron chi connectivity index (χ2n) is 4.39. The fraction of sp³-hybridized carbons (Fsp3) is 0.133. The number of halogens is 1. The Morgan fingerprint density at radius 3 is 2.20 bits per heavy atom. The predicted octanol–water partition coefficient (Wildman–Crippen LogP) is 3.33. The molecule has 20 heavy (non-hydrogen) atoms. The summed E-state index contributed by atoms with van der Waals surface area (Å²) in [6, 6.07) is 6.30. The number of nitrogens with zero attached hydrogens (tertiary/aromatic N) is 1. The number of rotatable bonds is 2. The van der Waals surface area contributed by atoms with Crippen LogP contribution in [0.3, 0.4) is 0 Å². The van der Waals surface area contributed by atoms with Gasteiger partial charge in [0.1, 0.15) is 5.71 Å². The number of allylic oxidation sites excluding steroid dienone is 4. The molecule has 1 aliphatic rings. The third-order valence-electron chi connectivity index (χ3n) is 2.76. The summed E-state index contributed by atoms with van der Waals surface area (Å²) in [7, 11) is 0. The van der Waals surface area contributed by atoms with Crippen molar-refractivity contribution in [3.05, 3.63) is 58.1 Å². The molecule has 0 amide bonds. The van der Waals surface area contributed by atoms with Gasteiger partial charge in [0.2, 0.25) is 0 Å². The minimum Gasteiger partial charge on any atom is -0.312 e. The first-order chi connectivity index (χ1) is 9.47. The molecule has 0 bridgehead atoms. The van der Waals surface area contributed by atoms with Crippen LogP contribution in [-0.4, -0.2) is 17.5 Å². The van der Waals surface area contributed by atoms with Gasteiger partial charge in [-0.3, -0.25) is 4.79 Å². The molecular formula is C15H12ClNO3. The SMILES string of the molecule is CC1=CC(=NOC(=O)c2ccc(Cl)cc2)C=C(C)C1=O. The molecule has 0 N–H and O–H groups in total. The molecule has 0 saturated carbocycles. The van der Waals surface area contributed by atoms with Crippen molar-refractivity contribution < 1.29 is 14.4 Å². The summed E-state index contributed by atoms with van der Waals surface area (Å²) in [5, 5.41) is 4.28. The molecule has 0 unspecified atom stereocenters. The fourth-order valence-corrected chi connectivity index (χ4v) is 1.84. The molecule has 0 atom stereocenters. The van der Waals surface area contributed by atoms with Crippen LogP contribution in [0.4, 0.5) is 0 Å². The molecule has 0 fully saturated rings. The Kier molecular flexibility index (Phi) is 4.15. The van der Waals surface area contributed by atoms with E-state index in [2.05, 4.69) is 5.16 Å². The van der Waals surface area contributed by atoms with Gasteiger partial charge in [-0.05, 0) is 61.4 Å². The minimum absolute atomic E-state index is 0.0343. The Hall–Kier alpha value is -2.20. The third-order valence-corrected chi connectivity index (χ3v) is 3.01.